The van der Waals surface area contributed by atoms with Crippen LogP contribution in [0.5, 0.6) is 0 Å². The number of amides is 1. The maximum atomic E-state index is 11.1. The third-order valence-electron chi connectivity index (χ3n) is 1.53. The first kappa shape index (κ1) is 10.2. The molecule has 1 aromatic rings. The van der Waals surface area contributed by atoms with Gasteiger partial charge in [0.2, 0.25) is 5.91 Å². The summed E-state index contributed by atoms with van der Waals surface area (Å²) in [5, 5.41) is 2.68. The summed E-state index contributed by atoms with van der Waals surface area (Å²) in [6, 6.07) is 6.85. The third-order valence-corrected chi connectivity index (χ3v) is 2.05. The Labute approximate surface area is 85.4 Å². The van der Waals surface area contributed by atoms with Gasteiger partial charge >= 0.3 is 0 Å². The maximum Gasteiger partial charge on any atom is 0.240 e. The van der Waals surface area contributed by atoms with Gasteiger partial charge in [0.05, 0.1) is 6.04 Å². The van der Waals surface area contributed by atoms with Gasteiger partial charge in [0.15, 0.2) is 0 Å². The van der Waals surface area contributed by atoms with Crippen molar-refractivity contribution in [3.63, 3.8) is 0 Å². The molecule has 3 nitrogen and oxygen atoms in total. The Morgan fingerprint density at radius 2 is 2.00 bits per heavy atom. The van der Waals surface area contributed by atoms with Crippen LogP contribution in [0.1, 0.15) is 6.92 Å². The van der Waals surface area contributed by atoms with E-state index in [0.717, 1.165) is 10.2 Å². The van der Waals surface area contributed by atoms with Crippen molar-refractivity contribution in [3.8, 4) is 0 Å². The largest absolute Gasteiger partial charge is 0.325 e. The molecule has 1 amide bonds. The van der Waals surface area contributed by atoms with Crippen molar-refractivity contribution in [2.24, 2.45) is 5.73 Å². The zero-order chi connectivity index (χ0) is 9.84. The van der Waals surface area contributed by atoms with Gasteiger partial charge in [0, 0.05) is 10.2 Å². The Morgan fingerprint density at radius 3 is 2.46 bits per heavy atom. The van der Waals surface area contributed by atoms with E-state index in [-0.39, 0.29) is 5.91 Å². The van der Waals surface area contributed by atoms with Crippen molar-refractivity contribution in [1.82, 2.24) is 0 Å². The van der Waals surface area contributed by atoms with Crippen LogP contribution in [-0.4, -0.2) is 11.9 Å². The molecule has 0 fully saturated rings. The van der Waals surface area contributed by atoms with Gasteiger partial charge < -0.3 is 11.1 Å². The lowest BCUT2D eigenvalue weighted by atomic mass is 10.3. The van der Waals surface area contributed by atoms with Gasteiger partial charge in [-0.25, -0.2) is 0 Å². The number of halogens is 1. The molecule has 1 atom stereocenters. The SMILES string of the molecule is C[C@H](N)C(=O)Nc1ccc(Br)cc1. The van der Waals surface area contributed by atoms with Crippen molar-refractivity contribution in [3.05, 3.63) is 28.7 Å². The minimum atomic E-state index is -0.483. The molecule has 70 valence electrons. The van der Waals surface area contributed by atoms with E-state index < -0.39 is 6.04 Å². The van der Waals surface area contributed by atoms with Gasteiger partial charge in [0.25, 0.3) is 0 Å². The van der Waals surface area contributed by atoms with Crippen LogP contribution in [0.4, 0.5) is 5.69 Å². The van der Waals surface area contributed by atoms with E-state index in [4.69, 9.17) is 5.73 Å². The first-order valence-corrected chi connectivity index (χ1v) is 4.71. The quantitative estimate of drug-likeness (QED) is 0.831. The van der Waals surface area contributed by atoms with Crippen LogP contribution in [-0.2, 0) is 4.79 Å². The van der Waals surface area contributed by atoms with E-state index in [1.54, 1.807) is 6.92 Å². The van der Waals surface area contributed by atoms with Gasteiger partial charge in [-0.1, -0.05) is 15.9 Å². The topological polar surface area (TPSA) is 55.1 Å². The third kappa shape index (κ3) is 3.16. The Bertz CT molecular complexity index is 295. The fourth-order valence-corrected chi connectivity index (χ4v) is 1.05. The summed E-state index contributed by atoms with van der Waals surface area (Å²) in [6.45, 7) is 1.65. The lowest BCUT2D eigenvalue weighted by Crippen LogP contribution is -2.32. The number of benzene rings is 1. The van der Waals surface area contributed by atoms with E-state index in [2.05, 4.69) is 21.2 Å². The lowest BCUT2D eigenvalue weighted by molar-refractivity contribution is -0.117. The second-order valence-corrected chi connectivity index (χ2v) is 3.70. The molecule has 1 rings (SSSR count). The van der Waals surface area contributed by atoms with E-state index in [1.165, 1.54) is 0 Å². The monoisotopic (exact) mass is 242 g/mol. The zero-order valence-electron chi connectivity index (χ0n) is 7.25. The fraction of sp³-hybridized carbons (Fsp3) is 0.222. The van der Waals surface area contributed by atoms with Crippen LogP contribution in [0.2, 0.25) is 0 Å². The van der Waals surface area contributed by atoms with Crippen LogP contribution in [0.3, 0.4) is 0 Å². The fourth-order valence-electron chi connectivity index (χ4n) is 0.789. The predicted octanol–water partition coefficient (Wildman–Crippen LogP) is 1.73. The summed E-state index contributed by atoms with van der Waals surface area (Å²) in [5.41, 5.74) is 6.15. The summed E-state index contributed by atoms with van der Waals surface area (Å²) in [5.74, 6) is -0.178. The number of carbonyl (C=O) groups is 1. The number of hydrogen-bond donors (Lipinski definition) is 2. The highest BCUT2D eigenvalue weighted by atomic mass is 79.9. The van der Waals surface area contributed by atoms with Gasteiger partial charge in [-0.05, 0) is 31.2 Å². The lowest BCUT2D eigenvalue weighted by Gasteiger charge is -2.07. The number of anilines is 1. The highest BCUT2D eigenvalue weighted by Gasteiger charge is 2.06. The highest BCUT2D eigenvalue weighted by molar-refractivity contribution is 9.10. The zero-order valence-corrected chi connectivity index (χ0v) is 8.84. The smallest absolute Gasteiger partial charge is 0.240 e. The van der Waals surface area contributed by atoms with E-state index in [9.17, 15) is 4.79 Å². The molecule has 0 bridgehead atoms. The van der Waals surface area contributed by atoms with Gasteiger partial charge in [0.1, 0.15) is 0 Å². The summed E-state index contributed by atoms with van der Waals surface area (Å²) in [7, 11) is 0. The van der Waals surface area contributed by atoms with Crippen molar-refractivity contribution in [2.45, 2.75) is 13.0 Å². The van der Waals surface area contributed by atoms with E-state index in [0.29, 0.717) is 0 Å². The molecule has 1 aromatic carbocycles. The molecule has 0 radical (unpaired) electrons. The minimum absolute atomic E-state index is 0.178. The van der Waals surface area contributed by atoms with E-state index in [1.807, 2.05) is 24.3 Å². The summed E-state index contributed by atoms with van der Waals surface area (Å²) < 4.78 is 0.978. The summed E-state index contributed by atoms with van der Waals surface area (Å²) >= 11 is 3.30. The Kier molecular flexibility index (Phi) is 3.45. The minimum Gasteiger partial charge on any atom is -0.325 e. The van der Waals surface area contributed by atoms with Crippen LogP contribution in [0.25, 0.3) is 0 Å². The molecule has 0 aliphatic carbocycles. The Morgan fingerprint density at radius 1 is 1.46 bits per heavy atom. The van der Waals surface area contributed by atoms with Crippen molar-refractivity contribution < 1.29 is 4.79 Å². The van der Waals surface area contributed by atoms with Crippen molar-refractivity contribution in [1.29, 1.82) is 0 Å². The molecule has 0 saturated heterocycles. The second kappa shape index (κ2) is 4.39. The number of nitrogens with two attached hydrogens (primary N) is 1. The number of carbonyl (C=O) groups excluding carboxylic acids is 1. The van der Waals surface area contributed by atoms with Gasteiger partial charge in [-0.2, -0.15) is 0 Å². The molecule has 13 heavy (non-hydrogen) atoms. The maximum absolute atomic E-state index is 11.1. The first-order chi connectivity index (χ1) is 6.09. The molecule has 0 aliphatic rings. The van der Waals surface area contributed by atoms with Crippen molar-refractivity contribution in [2.75, 3.05) is 5.32 Å². The second-order valence-electron chi connectivity index (χ2n) is 2.78. The highest BCUT2D eigenvalue weighted by Crippen LogP contribution is 2.13. The first-order valence-electron chi connectivity index (χ1n) is 3.91. The normalized spacial score (nSPS) is 12.2. The van der Waals surface area contributed by atoms with Crippen LogP contribution in [0, 0.1) is 0 Å². The molecule has 3 N–H and O–H groups in total. The molecule has 0 spiro atoms. The van der Waals surface area contributed by atoms with Crippen molar-refractivity contribution >= 4 is 27.5 Å². The van der Waals surface area contributed by atoms with E-state index >= 15 is 0 Å². The molecule has 0 aromatic heterocycles. The summed E-state index contributed by atoms with van der Waals surface area (Å²) in [6.07, 6.45) is 0. The Hall–Kier alpha value is -0.870. The predicted molar refractivity (Wildman–Crippen MR) is 56.4 cm³/mol. The van der Waals surface area contributed by atoms with Crippen LogP contribution < -0.4 is 11.1 Å². The average Bonchev–Trinajstić information content (AvgIpc) is 2.08. The number of nitrogens with one attached hydrogen (secondary N) is 1. The van der Waals surface area contributed by atoms with Crippen LogP contribution >= 0.6 is 15.9 Å². The molecule has 0 saturated carbocycles. The molecule has 4 heteroatoms. The molecular formula is C9H11BrN2O. The molecule has 0 unspecified atom stereocenters. The van der Waals surface area contributed by atoms with Gasteiger partial charge in [-0.3, -0.25) is 4.79 Å². The van der Waals surface area contributed by atoms with Gasteiger partial charge in [-0.15, -0.1) is 0 Å². The number of hydrogen-bond acceptors (Lipinski definition) is 2. The molecular weight excluding hydrogens is 232 g/mol. The standard InChI is InChI=1S/C9H11BrN2O/c1-6(11)9(13)12-8-4-2-7(10)3-5-8/h2-6H,11H2,1H3,(H,12,13)/t6-/m0/s1. The van der Waals surface area contributed by atoms with Crippen LogP contribution in [0.15, 0.2) is 28.7 Å². The molecule has 0 aliphatic heterocycles. The Balaban J connectivity index is 2.65. The average molecular weight is 243 g/mol. The molecule has 0 heterocycles. The number of rotatable bonds is 2. The summed E-state index contributed by atoms with van der Waals surface area (Å²) in [4.78, 5) is 11.1.